The van der Waals surface area contributed by atoms with Gasteiger partial charge in [0.25, 0.3) is 0 Å². The molecule has 1 aromatic carbocycles. The van der Waals surface area contributed by atoms with E-state index in [-0.39, 0.29) is 0 Å². The maximum atomic E-state index is 3.59. The van der Waals surface area contributed by atoms with Gasteiger partial charge in [0.2, 0.25) is 0 Å². The van der Waals surface area contributed by atoms with Gasteiger partial charge in [-0.25, -0.2) is 0 Å². The van der Waals surface area contributed by atoms with Gasteiger partial charge >= 0.3 is 0 Å². The molecular weight excluding hydrogens is 196 g/mol. The summed E-state index contributed by atoms with van der Waals surface area (Å²) in [6.45, 7) is 2.26. The summed E-state index contributed by atoms with van der Waals surface area (Å²) in [4.78, 5) is 2.59. The van der Waals surface area contributed by atoms with Crippen LogP contribution < -0.4 is 5.32 Å². The molecule has 86 valence electrons. The SMILES string of the molecule is CN1C(c2ccccc2)CNCC1C1CC1. The number of rotatable bonds is 2. The molecule has 1 aliphatic heterocycles. The van der Waals surface area contributed by atoms with Gasteiger partial charge in [-0.05, 0) is 31.4 Å². The van der Waals surface area contributed by atoms with Gasteiger partial charge in [-0.15, -0.1) is 0 Å². The summed E-state index contributed by atoms with van der Waals surface area (Å²) >= 11 is 0. The zero-order valence-corrected chi connectivity index (χ0v) is 9.89. The highest BCUT2D eigenvalue weighted by molar-refractivity contribution is 5.20. The van der Waals surface area contributed by atoms with Gasteiger partial charge in [-0.1, -0.05) is 30.3 Å². The van der Waals surface area contributed by atoms with Gasteiger partial charge in [-0.3, -0.25) is 4.90 Å². The van der Waals surface area contributed by atoms with E-state index in [4.69, 9.17) is 0 Å². The standard InChI is InChI=1S/C14H20N2/c1-16-13(11-5-3-2-4-6-11)9-15-10-14(16)12-7-8-12/h2-6,12-15H,7-10H2,1H3. The Hall–Kier alpha value is -0.860. The van der Waals surface area contributed by atoms with E-state index in [1.54, 1.807) is 0 Å². The molecule has 1 N–H and O–H groups in total. The Morgan fingerprint density at radius 2 is 1.88 bits per heavy atom. The lowest BCUT2D eigenvalue weighted by Gasteiger charge is -2.40. The third kappa shape index (κ3) is 1.87. The van der Waals surface area contributed by atoms with Crippen LogP contribution in [0.15, 0.2) is 30.3 Å². The Morgan fingerprint density at radius 1 is 1.12 bits per heavy atom. The number of hydrogen-bond acceptors (Lipinski definition) is 2. The predicted molar refractivity (Wildman–Crippen MR) is 66.3 cm³/mol. The fraction of sp³-hybridized carbons (Fsp3) is 0.571. The maximum absolute atomic E-state index is 3.59. The number of nitrogens with zero attached hydrogens (tertiary/aromatic N) is 1. The van der Waals surface area contributed by atoms with Crippen LogP contribution in [0.4, 0.5) is 0 Å². The number of nitrogens with one attached hydrogen (secondary N) is 1. The number of hydrogen-bond donors (Lipinski definition) is 1. The first-order chi connectivity index (χ1) is 7.86. The van der Waals surface area contributed by atoms with Crippen molar-refractivity contribution in [2.24, 2.45) is 5.92 Å². The summed E-state index contributed by atoms with van der Waals surface area (Å²) in [7, 11) is 2.29. The highest BCUT2D eigenvalue weighted by Gasteiger charge is 2.38. The summed E-state index contributed by atoms with van der Waals surface area (Å²) in [6, 6.07) is 12.2. The second-order valence-corrected chi connectivity index (χ2v) is 5.15. The molecule has 0 amide bonds. The predicted octanol–water partition coefficient (Wildman–Crippen LogP) is 2.04. The van der Waals surface area contributed by atoms with E-state index in [2.05, 4.69) is 47.6 Å². The van der Waals surface area contributed by atoms with Gasteiger partial charge in [0.15, 0.2) is 0 Å². The van der Waals surface area contributed by atoms with Crippen molar-refractivity contribution < 1.29 is 0 Å². The molecule has 2 heteroatoms. The number of likely N-dealkylation sites (N-methyl/N-ethyl adjacent to an activating group) is 1. The molecule has 3 rings (SSSR count). The molecule has 0 spiro atoms. The lowest BCUT2D eigenvalue weighted by Crippen LogP contribution is -2.52. The molecule has 2 aliphatic rings. The second-order valence-electron chi connectivity index (χ2n) is 5.15. The van der Waals surface area contributed by atoms with Crippen LogP contribution in [-0.4, -0.2) is 31.1 Å². The highest BCUT2D eigenvalue weighted by Crippen LogP contribution is 2.38. The fourth-order valence-electron chi connectivity index (χ4n) is 2.90. The van der Waals surface area contributed by atoms with Crippen LogP contribution in [0.3, 0.4) is 0 Å². The van der Waals surface area contributed by atoms with Crippen molar-refractivity contribution in [2.75, 3.05) is 20.1 Å². The topological polar surface area (TPSA) is 15.3 Å². The van der Waals surface area contributed by atoms with Crippen LogP contribution in [-0.2, 0) is 0 Å². The largest absolute Gasteiger partial charge is 0.313 e. The molecule has 0 bridgehead atoms. The minimum Gasteiger partial charge on any atom is -0.313 e. The van der Waals surface area contributed by atoms with E-state index < -0.39 is 0 Å². The van der Waals surface area contributed by atoms with Crippen molar-refractivity contribution in [1.82, 2.24) is 10.2 Å². The van der Waals surface area contributed by atoms with Crippen LogP contribution >= 0.6 is 0 Å². The zero-order valence-electron chi connectivity index (χ0n) is 9.89. The van der Waals surface area contributed by atoms with Crippen molar-refractivity contribution in [3.05, 3.63) is 35.9 Å². The molecule has 2 fully saturated rings. The summed E-state index contributed by atoms with van der Waals surface area (Å²) in [6.07, 6.45) is 2.86. The van der Waals surface area contributed by atoms with Crippen molar-refractivity contribution in [2.45, 2.75) is 24.9 Å². The molecule has 0 aromatic heterocycles. The molecule has 1 heterocycles. The van der Waals surface area contributed by atoms with Crippen molar-refractivity contribution in [3.63, 3.8) is 0 Å². The zero-order chi connectivity index (χ0) is 11.0. The fourth-order valence-corrected chi connectivity index (χ4v) is 2.90. The molecule has 0 radical (unpaired) electrons. The van der Waals surface area contributed by atoms with Crippen LogP contribution in [0.5, 0.6) is 0 Å². The van der Waals surface area contributed by atoms with Gasteiger partial charge in [0.1, 0.15) is 0 Å². The molecule has 1 aromatic rings. The Labute approximate surface area is 97.6 Å². The first-order valence-corrected chi connectivity index (χ1v) is 6.34. The molecule has 2 nitrogen and oxygen atoms in total. The lowest BCUT2D eigenvalue weighted by molar-refractivity contribution is 0.114. The summed E-state index contributed by atoms with van der Waals surface area (Å²) < 4.78 is 0. The summed E-state index contributed by atoms with van der Waals surface area (Å²) in [5.74, 6) is 0.948. The van der Waals surface area contributed by atoms with E-state index in [1.807, 2.05) is 0 Å². The van der Waals surface area contributed by atoms with E-state index in [0.717, 1.165) is 18.5 Å². The van der Waals surface area contributed by atoms with Crippen molar-refractivity contribution >= 4 is 0 Å². The van der Waals surface area contributed by atoms with E-state index >= 15 is 0 Å². The Kier molecular flexibility index (Phi) is 2.70. The monoisotopic (exact) mass is 216 g/mol. The molecule has 16 heavy (non-hydrogen) atoms. The average Bonchev–Trinajstić information content (AvgIpc) is 3.15. The normalized spacial score (nSPS) is 31.6. The third-order valence-electron chi connectivity index (χ3n) is 4.06. The molecule has 1 saturated carbocycles. The molecule has 2 atom stereocenters. The van der Waals surface area contributed by atoms with Crippen LogP contribution in [0, 0.1) is 5.92 Å². The van der Waals surface area contributed by atoms with Crippen LogP contribution in [0.2, 0.25) is 0 Å². The Balaban J connectivity index is 1.79. The third-order valence-corrected chi connectivity index (χ3v) is 4.06. The molecule has 2 unspecified atom stereocenters. The molecule has 1 saturated heterocycles. The summed E-state index contributed by atoms with van der Waals surface area (Å²) in [5, 5.41) is 3.59. The second kappa shape index (κ2) is 4.19. The van der Waals surface area contributed by atoms with E-state index in [9.17, 15) is 0 Å². The van der Waals surface area contributed by atoms with Gasteiger partial charge < -0.3 is 5.32 Å². The van der Waals surface area contributed by atoms with Crippen LogP contribution in [0.1, 0.15) is 24.4 Å². The van der Waals surface area contributed by atoms with Crippen LogP contribution in [0.25, 0.3) is 0 Å². The van der Waals surface area contributed by atoms with Gasteiger partial charge in [0, 0.05) is 25.2 Å². The smallest absolute Gasteiger partial charge is 0.0473 e. The number of piperazine rings is 1. The summed E-state index contributed by atoms with van der Waals surface area (Å²) in [5.41, 5.74) is 1.45. The quantitative estimate of drug-likeness (QED) is 0.814. The van der Waals surface area contributed by atoms with Crippen molar-refractivity contribution in [3.8, 4) is 0 Å². The minimum atomic E-state index is 0.556. The van der Waals surface area contributed by atoms with Gasteiger partial charge in [0.05, 0.1) is 0 Å². The Bertz CT molecular complexity index is 345. The molecule has 1 aliphatic carbocycles. The van der Waals surface area contributed by atoms with E-state index in [1.165, 1.54) is 24.9 Å². The first kappa shape index (κ1) is 10.3. The minimum absolute atomic E-state index is 0.556. The van der Waals surface area contributed by atoms with E-state index in [0.29, 0.717) is 6.04 Å². The van der Waals surface area contributed by atoms with Gasteiger partial charge in [-0.2, -0.15) is 0 Å². The maximum Gasteiger partial charge on any atom is 0.0473 e. The Morgan fingerprint density at radius 3 is 2.56 bits per heavy atom. The first-order valence-electron chi connectivity index (χ1n) is 6.34. The lowest BCUT2D eigenvalue weighted by atomic mass is 9.99. The average molecular weight is 216 g/mol. The number of benzene rings is 1. The highest BCUT2D eigenvalue weighted by atomic mass is 15.2. The molecular formula is C14H20N2. The van der Waals surface area contributed by atoms with Crippen molar-refractivity contribution in [1.29, 1.82) is 0 Å².